The summed E-state index contributed by atoms with van der Waals surface area (Å²) in [6, 6.07) is 14.5. The summed E-state index contributed by atoms with van der Waals surface area (Å²) in [6.07, 6.45) is 0.464. The van der Waals surface area contributed by atoms with Gasteiger partial charge in [-0.25, -0.2) is 4.79 Å². The lowest BCUT2D eigenvalue weighted by Crippen LogP contribution is -2.42. The molecule has 0 saturated carbocycles. The maximum absolute atomic E-state index is 12.5. The number of amides is 1. The second-order valence-corrected chi connectivity index (χ2v) is 7.02. The van der Waals surface area contributed by atoms with E-state index in [1.807, 2.05) is 19.9 Å². The van der Waals surface area contributed by atoms with Gasteiger partial charge < -0.3 is 10.1 Å². The molecule has 0 radical (unpaired) electrons. The average molecular weight is 385 g/mol. The lowest BCUT2D eigenvalue weighted by atomic mass is 10.0. The van der Waals surface area contributed by atoms with Crippen molar-refractivity contribution in [3.8, 4) is 6.07 Å². The van der Waals surface area contributed by atoms with Gasteiger partial charge >= 0.3 is 5.97 Å². The van der Waals surface area contributed by atoms with Gasteiger partial charge in [0, 0.05) is 10.6 Å². The van der Waals surface area contributed by atoms with Crippen LogP contribution in [0.25, 0.3) is 0 Å². The van der Waals surface area contributed by atoms with Crippen molar-refractivity contribution in [3.05, 3.63) is 70.2 Å². The molecule has 0 aliphatic heterocycles. The number of hydrogen-bond donors (Lipinski definition) is 1. The first-order valence-electron chi connectivity index (χ1n) is 8.61. The number of nitriles is 1. The standard InChI is InChI=1S/C21H21ClN2O3/c1-14(2)11-19(24-20(25)17-7-9-18(22)10-8-17)21(26)27-13-16-5-3-15(12-23)4-6-16/h3-10,14,19H,11,13H2,1-2H3,(H,24,25)/t19-/m1/s1. The number of benzene rings is 2. The molecule has 2 aromatic rings. The molecule has 0 aliphatic carbocycles. The van der Waals surface area contributed by atoms with Crippen LogP contribution in [-0.4, -0.2) is 17.9 Å². The first kappa shape index (κ1) is 20.5. The highest BCUT2D eigenvalue weighted by atomic mass is 35.5. The number of carbonyl (C=O) groups excluding carboxylic acids is 2. The molecule has 0 spiro atoms. The van der Waals surface area contributed by atoms with Gasteiger partial charge in [0.25, 0.3) is 5.91 Å². The van der Waals surface area contributed by atoms with E-state index in [4.69, 9.17) is 21.6 Å². The van der Waals surface area contributed by atoms with E-state index in [0.717, 1.165) is 5.56 Å². The van der Waals surface area contributed by atoms with Crippen molar-refractivity contribution >= 4 is 23.5 Å². The fraction of sp³-hybridized carbons (Fsp3) is 0.286. The van der Waals surface area contributed by atoms with Crippen LogP contribution in [0.4, 0.5) is 0 Å². The van der Waals surface area contributed by atoms with Crippen LogP contribution >= 0.6 is 11.6 Å². The quantitative estimate of drug-likeness (QED) is 0.729. The highest BCUT2D eigenvalue weighted by Crippen LogP contribution is 2.13. The van der Waals surface area contributed by atoms with Crippen molar-refractivity contribution in [2.24, 2.45) is 5.92 Å². The molecule has 0 saturated heterocycles. The number of rotatable bonds is 7. The number of esters is 1. The van der Waals surface area contributed by atoms with Crippen molar-refractivity contribution in [1.29, 1.82) is 5.26 Å². The molecule has 0 bridgehead atoms. The third-order valence-electron chi connectivity index (χ3n) is 3.87. The minimum absolute atomic E-state index is 0.0793. The van der Waals surface area contributed by atoms with Gasteiger partial charge in [0.05, 0.1) is 11.6 Å². The molecule has 140 valence electrons. The van der Waals surface area contributed by atoms with Gasteiger partial charge in [-0.15, -0.1) is 0 Å². The maximum atomic E-state index is 12.5. The fourth-order valence-electron chi connectivity index (χ4n) is 2.46. The molecule has 1 atom stereocenters. The number of nitrogens with zero attached hydrogens (tertiary/aromatic N) is 1. The molecule has 1 N–H and O–H groups in total. The largest absolute Gasteiger partial charge is 0.459 e. The summed E-state index contributed by atoms with van der Waals surface area (Å²) in [7, 11) is 0. The molecule has 0 fully saturated rings. The predicted octanol–water partition coefficient (Wildman–Crippen LogP) is 4.10. The van der Waals surface area contributed by atoms with E-state index < -0.39 is 12.0 Å². The Bertz CT molecular complexity index is 824. The molecular formula is C21H21ClN2O3. The third kappa shape index (κ3) is 6.43. The molecule has 5 nitrogen and oxygen atoms in total. The lowest BCUT2D eigenvalue weighted by Gasteiger charge is -2.19. The van der Waals surface area contributed by atoms with Crippen LogP contribution in [0.3, 0.4) is 0 Å². The smallest absolute Gasteiger partial charge is 0.328 e. The van der Waals surface area contributed by atoms with Crippen molar-refractivity contribution in [2.45, 2.75) is 32.9 Å². The van der Waals surface area contributed by atoms with Gasteiger partial charge in [-0.2, -0.15) is 5.26 Å². The van der Waals surface area contributed by atoms with Crippen molar-refractivity contribution in [1.82, 2.24) is 5.32 Å². The fourth-order valence-corrected chi connectivity index (χ4v) is 2.58. The number of carbonyl (C=O) groups is 2. The van der Waals surface area contributed by atoms with Crippen LogP contribution in [0.1, 0.15) is 41.8 Å². The monoisotopic (exact) mass is 384 g/mol. The van der Waals surface area contributed by atoms with Gasteiger partial charge in [-0.3, -0.25) is 4.79 Å². The Kier molecular flexibility index (Phi) is 7.39. The molecule has 0 heterocycles. The molecule has 6 heteroatoms. The van der Waals surface area contributed by atoms with Crippen LogP contribution in [0.2, 0.25) is 5.02 Å². The van der Waals surface area contributed by atoms with Crippen LogP contribution in [0, 0.1) is 17.2 Å². The molecule has 27 heavy (non-hydrogen) atoms. The summed E-state index contributed by atoms with van der Waals surface area (Å²) < 4.78 is 5.36. The normalized spacial score (nSPS) is 11.5. The summed E-state index contributed by atoms with van der Waals surface area (Å²) in [6.45, 7) is 4.01. The van der Waals surface area contributed by atoms with E-state index in [0.29, 0.717) is 22.6 Å². The zero-order chi connectivity index (χ0) is 19.8. The number of hydrogen-bond acceptors (Lipinski definition) is 4. The summed E-state index contributed by atoms with van der Waals surface area (Å²) in [4.78, 5) is 24.9. The highest BCUT2D eigenvalue weighted by molar-refractivity contribution is 6.30. The van der Waals surface area contributed by atoms with Gasteiger partial charge in [-0.05, 0) is 54.3 Å². The second kappa shape index (κ2) is 9.75. The molecule has 0 aromatic heterocycles. The Morgan fingerprint density at radius 2 is 1.74 bits per heavy atom. The highest BCUT2D eigenvalue weighted by Gasteiger charge is 2.24. The second-order valence-electron chi connectivity index (χ2n) is 6.58. The molecule has 0 aliphatic rings. The van der Waals surface area contributed by atoms with E-state index in [9.17, 15) is 9.59 Å². The minimum Gasteiger partial charge on any atom is -0.459 e. The summed E-state index contributed by atoms with van der Waals surface area (Å²) in [5, 5.41) is 12.1. The maximum Gasteiger partial charge on any atom is 0.328 e. The van der Waals surface area contributed by atoms with E-state index >= 15 is 0 Å². The summed E-state index contributed by atoms with van der Waals surface area (Å²) in [5.41, 5.74) is 1.74. The lowest BCUT2D eigenvalue weighted by molar-refractivity contribution is -0.147. The Morgan fingerprint density at radius 3 is 2.30 bits per heavy atom. The Morgan fingerprint density at radius 1 is 1.11 bits per heavy atom. The van der Waals surface area contributed by atoms with Crippen LogP contribution in [-0.2, 0) is 16.1 Å². The molecule has 2 rings (SSSR count). The SMILES string of the molecule is CC(C)C[C@@H](NC(=O)c1ccc(Cl)cc1)C(=O)OCc1ccc(C#N)cc1. The Hall–Kier alpha value is -2.84. The van der Waals surface area contributed by atoms with Crippen molar-refractivity contribution < 1.29 is 14.3 Å². The van der Waals surface area contributed by atoms with E-state index in [-0.39, 0.29) is 18.4 Å². The van der Waals surface area contributed by atoms with Crippen molar-refractivity contribution in [3.63, 3.8) is 0 Å². The topological polar surface area (TPSA) is 79.2 Å². The summed E-state index contributed by atoms with van der Waals surface area (Å²) in [5.74, 6) is -0.647. The first-order valence-corrected chi connectivity index (χ1v) is 8.99. The molecule has 0 unspecified atom stereocenters. The zero-order valence-corrected chi connectivity index (χ0v) is 16.0. The van der Waals surface area contributed by atoms with Crippen molar-refractivity contribution in [2.75, 3.05) is 0 Å². The summed E-state index contributed by atoms with van der Waals surface area (Å²) >= 11 is 5.84. The number of ether oxygens (including phenoxy) is 1. The minimum atomic E-state index is -0.744. The van der Waals surface area contributed by atoms with E-state index in [2.05, 4.69) is 5.32 Å². The van der Waals surface area contributed by atoms with Gasteiger partial charge in [0.15, 0.2) is 0 Å². The third-order valence-corrected chi connectivity index (χ3v) is 4.12. The predicted molar refractivity (Wildman–Crippen MR) is 103 cm³/mol. The molecule has 1 amide bonds. The van der Waals surface area contributed by atoms with Gasteiger partial charge in [0.2, 0.25) is 0 Å². The Balaban J connectivity index is 2.00. The Labute approximate surface area is 163 Å². The molecular weight excluding hydrogens is 364 g/mol. The van der Waals surface area contributed by atoms with Crippen LogP contribution < -0.4 is 5.32 Å². The molecule has 2 aromatic carbocycles. The first-order chi connectivity index (χ1) is 12.9. The average Bonchev–Trinajstić information content (AvgIpc) is 2.66. The van der Waals surface area contributed by atoms with Gasteiger partial charge in [0.1, 0.15) is 12.6 Å². The van der Waals surface area contributed by atoms with E-state index in [1.165, 1.54) is 0 Å². The number of nitrogens with one attached hydrogen (secondary N) is 1. The zero-order valence-electron chi connectivity index (χ0n) is 15.2. The van der Waals surface area contributed by atoms with Gasteiger partial charge in [-0.1, -0.05) is 37.6 Å². The number of halogens is 1. The van der Waals surface area contributed by atoms with Crippen LogP contribution in [0.5, 0.6) is 0 Å². The van der Waals surface area contributed by atoms with Crippen LogP contribution in [0.15, 0.2) is 48.5 Å². The van der Waals surface area contributed by atoms with E-state index in [1.54, 1.807) is 48.5 Å².